The lowest BCUT2D eigenvalue weighted by molar-refractivity contribution is -0.120. The van der Waals surface area contributed by atoms with Crippen LogP contribution in [-0.2, 0) is 11.2 Å². The summed E-state index contributed by atoms with van der Waals surface area (Å²) in [6.45, 7) is 2.58. The number of nitrogens with one attached hydrogen (secondary N) is 1. The molecule has 2 rings (SSSR count). The average molecular weight is 205 g/mol. The Bertz CT molecular complexity index is 315. The van der Waals surface area contributed by atoms with Gasteiger partial charge in [0.05, 0.1) is 0 Å². The molecule has 1 aliphatic rings. The first-order chi connectivity index (χ1) is 7.40. The van der Waals surface area contributed by atoms with Crippen molar-refractivity contribution in [3.05, 3.63) is 30.1 Å². The van der Waals surface area contributed by atoms with Gasteiger partial charge < -0.3 is 10.2 Å². The summed E-state index contributed by atoms with van der Waals surface area (Å²) in [6, 6.07) is 4.27. The van der Waals surface area contributed by atoms with Crippen LogP contribution in [0.3, 0.4) is 0 Å². The molecule has 1 atom stereocenters. The zero-order valence-electron chi connectivity index (χ0n) is 8.60. The molecule has 0 aromatic carbocycles. The summed E-state index contributed by atoms with van der Waals surface area (Å²) in [5.74, 6) is 0. The molecule has 1 aliphatic heterocycles. The third-order valence-electron chi connectivity index (χ3n) is 2.75. The van der Waals surface area contributed by atoms with Crippen LogP contribution in [0.5, 0.6) is 0 Å². The zero-order valence-corrected chi connectivity index (χ0v) is 8.60. The van der Waals surface area contributed by atoms with Crippen molar-refractivity contribution < 1.29 is 4.79 Å². The molecule has 1 unspecified atom stereocenters. The minimum absolute atomic E-state index is 0.277. The van der Waals surface area contributed by atoms with Gasteiger partial charge in [-0.1, -0.05) is 0 Å². The van der Waals surface area contributed by atoms with Crippen molar-refractivity contribution in [2.75, 3.05) is 19.6 Å². The van der Waals surface area contributed by atoms with E-state index in [2.05, 4.69) is 10.3 Å². The van der Waals surface area contributed by atoms with Crippen LogP contribution in [0.4, 0.5) is 0 Å². The van der Waals surface area contributed by atoms with Crippen molar-refractivity contribution >= 4 is 6.41 Å². The summed E-state index contributed by atoms with van der Waals surface area (Å²) >= 11 is 0. The van der Waals surface area contributed by atoms with Gasteiger partial charge in [0.25, 0.3) is 0 Å². The minimum Gasteiger partial charge on any atom is -0.339 e. The molecule has 4 nitrogen and oxygen atoms in total. The molecule has 1 aromatic rings. The number of amides is 1. The SMILES string of the molecule is O=CN1CCNCC1Cc1ccncc1. The minimum atomic E-state index is 0.277. The van der Waals surface area contributed by atoms with Crippen LogP contribution in [-0.4, -0.2) is 42.0 Å². The van der Waals surface area contributed by atoms with Crippen LogP contribution in [0.25, 0.3) is 0 Å². The Morgan fingerprint density at radius 2 is 2.33 bits per heavy atom. The normalized spacial score (nSPS) is 21.3. The highest BCUT2D eigenvalue weighted by atomic mass is 16.1. The van der Waals surface area contributed by atoms with Gasteiger partial charge in [-0.2, -0.15) is 0 Å². The lowest BCUT2D eigenvalue weighted by Gasteiger charge is -2.33. The largest absolute Gasteiger partial charge is 0.339 e. The first-order valence-corrected chi connectivity index (χ1v) is 5.21. The Balaban J connectivity index is 2.00. The van der Waals surface area contributed by atoms with E-state index >= 15 is 0 Å². The van der Waals surface area contributed by atoms with Crippen LogP contribution < -0.4 is 5.32 Å². The number of rotatable bonds is 3. The van der Waals surface area contributed by atoms with Crippen molar-refractivity contribution in [3.8, 4) is 0 Å². The molecule has 0 bridgehead atoms. The van der Waals surface area contributed by atoms with Gasteiger partial charge in [0.2, 0.25) is 6.41 Å². The number of aromatic nitrogens is 1. The van der Waals surface area contributed by atoms with E-state index in [1.807, 2.05) is 17.0 Å². The molecule has 2 heterocycles. The standard InChI is InChI=1S/C11H15N3O/c15-9-14-6-5-13-8-11(14)7-10-1-3-12-4-2-10/h1-4,9,11,13H,5-8H2. The highest BCUT2D eigenvalue weighted by molar-refractivity contribution is 5.48. The quantitative estimate of drug-likeness (QED) is 0.709. The van der Waals surface area contributed by atoms with E-state index in [0.717, 1.165) is 32.5 Å². The maximum Gasteiger partial charge on any atom is 0.210 e. The van der Waals surface area contributed by atoms with Crippen LogP contribution in [0, 0.1) is 0 Å². The summed E-state index contributed by atoms with van der Waals surface area (Å²) in [6.07, 6.45) is 5.43. The third kappa shape index (κ3) is 2.53. The second-order valence-corrected chi connectivity index (χ2v) is 3.76. The molecule has 1 fully saturated rings. The van der Waals surface area contributed by atoms with E-state index in [-0.39, 0.29) is 6.04 Å². The summed E-state index contributed by atoms with van der Waals surface area (Å²) in [4.78, 5) is 16.7. The molecular weight excluding hydrogens is 190 g/mol. The molecule has 1 aromatic heterocycles. The number of pyridine rings is 1. The first-order valence-electron chi connectivity index (χ1n) is 5.21. The number of carbonyl (C=O) groups excluding carboxylic acids is 1. The van der Waals surface area contributed by atoms with Crippen molar-refractivity contribution in [3.63, 3.8) is 0 Å². The molecule has 0 radical (unpaired) electrons. The molecular formula is C11H15N3O. The highest BCUT2D eigenvalue weighted by Crippen LogP contribution is 2.08. The summed E-state index contributed by atoms with van der Waals surface area (Å²) in [5.41, 5.74) is 1.23. The summed E-state index contributed by atoms with van der Waals surface area (Å²) in [5, 5.41) is 3.30. The van der Waals surface area contributed by atoms with Gasteiger partial charge >= 0.3 is 0 Å². The Kier molecular flexibility index (Phi) is 3.29. The van der Waals surface area contributed by atoms with E-state index in [9.17, 15) is 4.79 Å². The Hall–Kier alpha value is -1.42. The van der Waals surface area contributed by atoms with Gasteiger partial charge in [-0.05, 0) is 24.1 Å². The highest BCUT2D eigenvalue weighted by Gasteiger charge is 2.20. The fourth-order valence-electron chi connectivity index (χ4n) is 1.90. The van der Waals surface area contributed by atoms with Gasteiger partial charge in [0.1, 0.15) is 0 Å². The smallest absolute Gasteiger partial charge is 0.210 e. The molecule has 15 heavy (non-hydrogen) atoms. The number of piperazine rings is 1. The molecule has 80 valence electrons. The molecule has 1 amide bonds. The third-order valence-corrected chi connectivity index (χ3v) is 2.75. The van der Waals surface area contributed by atoms with E-state index in [0.29, 0.717) is 0 Å². The zero-order chi connectivity index (χ0) is 10.5. The molecule has 1 saturated heterocycles. The van der Waals surface area contributed by atoms with Crippen LogP contribution >= 0.6 is 0 Å². The fourth-order valence-corrected chi connectivity index (χ4v) is 1.90. The topological polar surface area (TPSA) is 45.2 Å². The van der Waals surface area contributed by atoms with Crippen LogP contribution in [0.1, 0.15) is 5.56 Å². The predicted octanol–water partition coefficient (Wildman–Crippen LogP) is 0.0543. The molecule has 0 aliphatic carbocycles. The second-order valence-electron chi connectivity index (χ2n) is 3.76. The first kappa shape index (κ1) is 10.1. The van der Waals surface area contributed by atoms with Crippen LogP contribution in [0.15, 0.2) is 24.5 Å². The molecule has 1 N–H and O–H groups in total. The number of carbonyl (C=O) groups is 1. The van der Waals surface area contributed by atoms with Crippen molar-refractivity contribution in [2.24, 2.45) is 0 Å². The predicted molar refractivity (Wildman–Crippen MR) is 57.4 cm³/mol. The van der Waals surface area contributed by atoms with Crippen molar-refractivity contribution in [2.45, 2.75) is 12.5 Å². The van der Waals surface area contributed by atoms with E-state index in [4.69, 9.17) is 0 Å². The average Bonchev–Trinajstić information content (AvgIpc) is 2.31. The number of nitrogens with zero attached hydrogens (tertiary/aromatic N) is 2. The number of hydrogen-bond donors (Lipinski definition) is 1. The molecule has 0 spiro atoms. The lowest BCUT2D eigenvalue weighted by atomic mass is 10.0. The fraction of sp³-hybridized carbons (Fsp3) is 0.455. The van der Waals surface area contributed by atoms with E-state index < -0.39 is 0 Å². The van der Waals surface area contributed by atoms with Crippen molar-refractivity contribution in [1.29, 1.82) is 0 Å². The van der Waals surface area contributed by atoms with Gasteiger partial charge in [-0.3, -0.25) is 9.78 Å². The monoisotopic (exact) mass is 205 g/mol. The maximum absolute atomic E-state index is 10.8. The van der Waals surface area contributed by atoms with Gasteiger partial charge in [0, 0.05) is 38.1 Å². The lowest BCUT2D eigenvalue weighted by Crippen LogP contribution is -2.51. The van der Waals surface area contributed by atoms with Gasteiger partial charge in [0.15, 0.2) is 0 Å². The molecule has 0 saturated carbocycles. The Morgan fingerprint density at radius 3 is 3.07 bits per heavy atom. The summed E-state index contributed by atoms with van der Waals surface area (Å²) < 4.78 is 0. The maximum atomic E-state index is 10.8. The second kappa shape index (κ2) is 4.89. The summed E-state index contributed by atoms with van der Waals surface area (Å²) in [7, 11) is 0. The number of hydrogen-bond acceptors (Lipinski definition) is 3. The van der Waals surface area contributed by atoms with Gasteiger partial charge in [-0.25, -0.2) is 0 Å². The van der Waals surface area contributed by atoms with Crippen molar-refractivity contribution in [1.82, 2.24) is 15.2 Å². The Labute approximate surface area is 89.3 Å². The van der Waals surface area contributed by atoms with E-state index in [1.54, 1.807) is 12.4 Å². The van der Waals surface area contributed by atoms with Crippen LogP contribution in [0.2, 0.25) is 0 Å². The Morgan fingerprint density at radius 1 is 1.53 bits per heavy atom. The van der Waals surface area contributed by atoms with E-state index in [1.165, 1.54) is 5.56 Å². The molecule has 4 heteroatoms. The van der Waals surface area contributed by atoms with Gasteiger partial charge in [-0.15, -0.1) is 0 Å².